The van der Waals surface area contributed by atoms with Crippen molar-refractivity contribution in [3.63, 3.8) is 0 Å². The summed E-state index contributed by atoms with van der Waals surface area (Å²) in [4.78, 5) is 28.8. The molecule has 2 aliphatic heterocycles. The number of halogens is 3. The molecule has 1 spiro atoms. The Labute approximate surface area is 203 Å². The molecule has 2 aromatic rings. The van der Waals surface area contributed by atoms with Gasteiger partial charge in [-0.2, -0.15) is 0 Å². The third-order valence-electron chi connectivity index (χ3n) is 6.63. The number of carbonyl (C=O) groups excluding carboxylic acids is 2. The Kier molecular flexibility index (Phi) is 6.00. The lowest BCUT2D eigenvalue weighted by Gasteiger charge is -2.37. The molecular weight excluding hydrogens is 464 g/mol. The van der Waals surface area contributed by atoms with E-state index in [4.69, 9.17) is 23.2 Å². The van der Waals surface area contributed by atoms with Crippen LogP contribution in [0.1, 0.15) is 44.2 Å². The molecule has 2 N–H and O–H groups in total. The number of rotatable bonds is 3. The van der Waals surface area contributed by atoms with Gasteiger partial charge >= 0.3 is 0 Å². The predicted molar refractivity (Wildman–Crippen MR) is 129 cm³/mol. The highest BCUT2D eigenvalue weighted by Crippen LogP contribution is 2.56. The summed E-state index contributed by atoms with van der Waals surface area (Å²) in [7, 11) is 3.37. The highest BCUT2D eigenvalue weighted by atomic mass is 35.5. The molecule has 4 rings (SSSR count). The molecule has 5 nitrogen and oxygen atoms in total. The molecule has 176 valence electrons. The molecular formula is C25H28Cl2FN3O2. The fourth-order valence-corrected chi connectivity index (χ4v) is 5.75. The summed E-state index contributed by atoms with van der Waals surface area (Å²) in [5, 5.41) is 6.97. The lowest BCUT2D eigenvalue weighted by molar-refractivity contribution is -0.131. The number of hydrogen-bond donors (Lipinski definition) is 2. The van der Waals surface area contributed by atoms with E-state index in [1.807, 2.05) is 6.07 Å². The molecule has 1 saturated heterocycles. The van der Waals surface area contributed by atoms with Crippen LogP contribution in [0.3, 0.4) is 0 Å². The first-order valence-electron chi connectivity index (χ1n) is 10.9. The van der Waals surface area contributed by atoms with Crippen molar-refractivity contribution in [1.29, 1.82) is 0 Å². The van der Waals surface area contributed by atoms with Gasteiger partial charge in [-0.25, -0.2) is 4.39 Å². The van der Waals surface area contributed by atoms with E-state index < -0.39 is 23.2 Å². The first kappa shape index (κ1) is 24.0. The van der Waals surface area contributed by atoms with Gasteiger partial charge in [0.15, 0.2) is 0 Å². The first-order valence-corrected chi connectivity index (χ1v) is 11.7. The van der Waals surface area contributed by atoms with Gasteiger partial charge in [-0.05, 0) is 47.2 Å². The summed E-state index contributed by atoms with van der Waals surface area (Å²) in [5.74, 6) is -1.53. The molecule has 0 radical (unpaired) electrons. The average Bonchev–Trinajstić information content (AvgIpc) is 3.17. The summed E-state index contributed by atoms with van der Waals surface area (Å²) < 4.78 is 14.1. The molecule has 2 amide bonds. The smallest absolute Gasteiger partial charge is 0.239 e. The van der Waals surface area contributed by atoms with Crippen LogP contribution in [-0.4, -0.2) is 42.9 Å². The van der Waals surface area contributed by atoms with Gasteiger partial charge < -0.3 is 15.5 Å². The van der Waals surface area contributed by atoms with Gasteiger partial charge in [0.25, 0.3) is 0 Å². The Bertz CT molecular complexity index is 1130. The van der Waals surface area contributed by atoms with Crippen molar-refractivity contribution in [3.05, 3.63) is 63.4 Å². The van der Waals surface area contributed by atoms with E-state index in [9.17, 15) is 14.0 Å². The largest absolute Gasteiger partial charge is 0.347 e. The van der Waals surface area contributed by atoms with Crippen LogP contribution in [0.4, 0.5) is 10.1 Å². The van der Waals surface area contributed by atoms with Crippen LogP contribution < -0.4 is 10.6 Å². The average molecular weight is 492 g/mol. The highest BCUT2D eigenvalue weighted by molar-refractivity contribution is 6.31. The van der Waals surface area contributed by atoms with E-state index in [1.165, 1.54) is 17.0 Å². The minimum atomic E-state index is -1.11. The Morgan fingerprint density at radius 1 is 1.15 bits per heavy atom. The molecule has 8 heteroatoms. The van der Waals surface area contributed by atoms with Gasteiger partial charge in [-0.15, -0.1) is 0 Å². The van der Waals surface area contributed by atoms with Gasteiger partial charge in [0.2, 0.25) is 11.8 Å². The summed E-state index contributed by atoms with van der Waals surface area (Å²) in [6.07, 6.45) is 0.630. The number of amides is 2. The minimum absolute atomic E-state index is 0.0484. The molecule has 0 unspecified atom stereocenters. The molecule has 2 aromatic carbocycles. The van der Waals surface area contributed by atoms with Crippen molar-refractivity contribution in [2.24, 2.45) is 5.41 Å². The topological polar surface area (TPSA) is 61.4 Å². The fourth-order valence-electron chi connectivity index (χ4n) is 5.39. The zero-order valence-electron chi connectivity index (χ0n) is 19.3. The van der Waals surface area contributed by atoms with Gasteiger partial charge in [0, 0.05) is 36.8 Å². The summed E-state index contributed by atoms with van der Waals surface area (Å²) >= 11 is 12.4. The van der Waals surface area contributed by atoms with E-state index in [0.717, 1.165) is 5.56 Å². The Balaban J connectivity index is 2.02. The van der Waals surface area contributed by atoms with Crippen LogP contribution in [0, 0.1) is 11.2 Å². The van der Waals surface area contributed by atoms with Crippen molar-refractivity contribution in [2.45, 2.75) is 50.6 Å². The summed E-state index contributed by atoms with van der Waals surface area (Å²) in [6.45, 7) is 6.30. The summed E-state index contributed by atoms with van der Waals surface area (Å²) in [6, 6.07) is 8.71. The number of nitrogens with zero attached hydrogens (tertiary/aromatic N) is 1. The zero-order chi connectivity index (χ0) is 24.3. The fraction of sp³-hybridized carbons (Fsp3) is 0.440. The zero-order valence-corrected chi connectivity index (χ0v) is 20.8. The second-order valence-electron chi connectivity index (χ2n) is 10.4. The van der Waals surface area contributed by atoms with Crippen molar-refractivity contribution in [1.82, 2.24) is 10.2 Å². The van der Waals surface area contributed by atoms with Gasteiger partial charge in [0.05, 0.1) is 11.1 Å². The Morgan fingerprint density at radius 3 is 2.45 bits per heavy atom. The van der Waals surface area contributed by atoms with Crippen molar-refractivity contribution in [3.8, 4) is 0 Å². The molecule has 0 saturated carbocycles. The maximum Gasteiger partial charge on any atom is 0.239 e. The number of likely N-dealkylation sites (N-methyl/N-ethyl adjacent to an activating group) is 1. The Hall–Kier alpha value is -2.15. The molecule has 0 aliphatic carbocycles. The quantitative estimate of drug-likeness (QED) is 0.636. The molecule has 33 heavy (non-hydrogen) atoms. The van der Waals surface area contributed by atoms with E-state index in [-0.39, 0.29) is 28.3 Å². The SMILES string of the molecule is CN(C)C(=O)[C@@H]1N[C@H](CC(C)(C)C)[C@]2(C(=O)Nc3cc(Cl)ccc32)[C@H]1c1ccc(F)c(Cl)c1. The Morgan fingerprint density at radius 2 is 1.85 bits per heavy atom. The van der Waals surface area contributed by atoms with E-state index in [2.05, 4.69) is 31.4 Å². The molecule has 1 fully saturated rings. The third-order valence-corrected chi connectivity index (χ3v) is 7.16. The molecule has 0 bridgehead atoms. The van der Waals surface area contributed by atoms with Gasteiger partial charge in [-0.1, -0.05) is 56.1 Å². The van der Waals surface area contributed by atoms with Crippen LogP contribution >= 0.6 is 23.2 Å². The molecule has 2 aliphatic rings. The molecule has 0 aromatic heterocycles. The molecule has 4 atom stereocenters. The maximum absolute atomic E-state index is 14.1. The minimum Gasteiger partial charge on any atom is -0.347 e. The monoisotopic (exact) mass is 491 g/mol. The molecule has 2 heterocycles. The van der Waals surface area contributed by atoms with Gasteiger partial charge in [-0.3, -0.25) is 9.59 Å². The maximum atomic E-state index is 14.1. The highest BCUT2D eigenvalue weighted by Gasteiger charge is 2.65. The second-order valence-corrected chi connectivity index (χ2v) is 11.2. The van der Waals surface area contributed by atoms with E-state index in [0.29, 0.717) is 22.7 Å². The normalized spacial score (nSPS) is 26.4. The number of nitrogens with one attached hydrogen (secondary N) is 2. The van der Waals surface area contributed by atoms with E-state index >= 15 is 0 Å². The number of hydrogen-bond acceptors (Lipinski definition) is 3. The lowest BCUT2D eigenvalue weighted by Crippen LogP contribution is -2.49. The second kappa shape index (κ2) is 8.26. The number of benzene rings is 2. The van der Waals surface area contributed by atoms with Crippen molar-refractivity contribution < 1.29 is 14.0 Å². The third kappa shape index (κ3) is 3.92. The van der Waals surface area contributed by atoms with Gasteiger partial charge in [0.1, 0.15) is 11.2 Å². The van der Waals surface area contributed by atoms with Crippen molar-refractivity contribution >= 4 is 40.7 Å². The number of anilines is 1. The van der Waals surface area contributed by atoms with Crippen LogP contribution in [-0.2, 0) is 15.0 Å². The predicted octanol–water partition coefficient (Wildman–Crippen LogP) is 4.97. The standard InChI is InChI=1S/C25H28Cl2FN3O2/c1-24(2,3)12-19-25(15-8-7-14(26)11-18(15)29-23(25)33)20(21(30-19)22(32)31(4)5)13-6-9-17(28)16(27)10-13/h6-11,19-21,30H,12H2,1-5H3,(H,29,33)/t19-,20+,21-,25+/m1/s1. The van der Waals surface area contributed by atoms with Crippen LogP contribution in [0.25, 0.3) is 0 Å². The van der Waals surface area contributed by atoms with Crippen LogP contribution in [0.2, 0.25) is 10.0 Å². The van der Waals surface area contributed by atoms with Crippen molar-refractivity contribution in [2.75, 3.05) is 19.4 Å². The van der Waals surface area contributed by atoms with Crippen LogP contribution in [0.15, 0.2) is 36.4 Å². The summed E-state index contributed by atoms with van der Waals surface area (Å²) in [5.41, 5.74) is 0.789. The van der Waals surface area contributed by atoms with Crippen LogP contribution in [0.5, 0.6) is 0 Å². The number of carbonyl (C=O) groups is 2. The number of fused-ring (bicyclic) bond motifs is 2. The lowest BCUT2D eigenvalue weighted by atomic mass is 9.62. The van der Waals surface area contributed by atoms with E-state index in [1.54, 1.807) is 32.3 Å². The first-order chi connectivity index (χ1) is 15.4.